The normalized spacial score (nSPS) is 11.4. The van der Waals surface area contributed by atoms with Crippen LogP contribution >= 0.6 is 0 Å². The van der Waals surface area contributed by atoms with Crippen LogP contribution in [0, 0.1) is 0 Å². The first kappa shape index (κ1) is 22.2. The lowest BCUT2D eigenvalue weighted by atomic mass is 10.2. The van der Waals surface area contributed by atoms with Gasteiger partial charge in [-0.25, -0.2) is 9.48 Å². The number of aromatic nitrogens is 4. The molecule has 6 aromatic rings. The molecule has 8 nitrogen and oxygen atoms in total. The summed E-state index contributed by atoms with van der Waals surface area (Å²) in [5.41, 5.74) is 3.74. The summed E-state index contributed by atoms with van der Waals surface area (Å²) in [5.74, 6) is 0.622. The van der Waals surface area contributed by atoms with Crippen molar-refractivity contribution in [2.45, 2.75) is 6.61 Å². The summed E-state index contributed by atoms with van der Waals surface area (Å²) in [6.45, 7) is -0.136. The van der Waals surface area contributed by atoms with E-state index in [-0.39, 0.29) is 12.5 Å². The van der Waals surface area contributed by atoms with Crippen LogP contribution in [-0.2, 0) is 16.1 Å². The van der Waals surface area contributed by atoms with Crippen molar-refractivity contribution in [3.63, 3.8) is 0 Å². The minimum atomic E-state index is -0.553. The van der Waals surface area contributed by atoms with Gasteiger partial charge in [0.15, 0.2) is 12.4 Å². The second kappa shape index (κ2) is 9.79. The fraction of sp³-hybridized carbons (Fsp3) is 0.0345. The molecule has 0 aliphatic carbocycles. The van der Waals surface area contributed by atoms with Gasteiger partial charge in [-0.15, -0.1) is 10.2 Å². The summed E-state index contributed by atoms with van der Waals surface area (Å²) in [6.07, 6.45) is 4.83. The van der Waals surface area contributed by atoms with E-state index in [1.54, 1.807) is 10.8 Å². The summed E-state index contributed by atoms with van der Waals surface area (Å²) in [5, 5.41) is 13.7. The summed E-state index contributed by atoms with van der Waals surface area (Å²) in [7, 11) is 0. The second-order valence-corrected chi connectivity index (χ2v) is 8.17. The molecule has 0 spiro atoms. The first-order valence-electron chi connectivity index (χ1n) is 11.6. The highest BCUT2D eigenvalue weighted by Gasteiger charge is 2.16. The van der Waals surface area contributed by atoms with Gasteiger partial charge in [-0.2, -0.15) is 5.10 Å². The Hall–Kier alpha value is -5.24. The maximum absolute atomic E-state index is 12.5. The molecule has 0 bridgehead atoms. The maximum Gasteiger partial charge on any atom is 0.331 e. The molecule has 3 aromatic carbocycles. The summed E-state index contributed by atoms with van der Waals surface area (Å²) in [6, 6.07) is 28.8. The number of fused-ring (bicyclic) bond motifs is 1. The first-order valence-corrected chi connectivity index (χ1v) is 11.6. The Morgan fingerprint density at radius 1 is 0.892 bits per heavy atom. The molecule has 6 rings (SSSR count). The van der Waals surface area contributed by atoms with Crippen LogP contribution < -0.4 is 0 Å². The molecule has 0 radical (unpaired) electrons. The van der Waals surface area contributed by atoms with Crippen molar-refractivity contribution < 1.29 is 18.4 Å². The molecule has 0 amide bonds. The molecule has 3 heterocycles. The number of para-hydroxylation sites is 2. The van der Waals surface area contributed by atoms with Crippen LogP contribution in [0.15, 0.2) is 112 Å². The van der Waals surface area contributed by atoms with Gasteiger partial charge in [0.2, 0.25) is 5.89 Å². The van der Waals surface area contributed by atoms with E-state index in [2.05, 4.69) is 10.2 Å². The Labute approximate surface area is 211 Å². The lowest BCUT2D eigenvalue weighted by Crippen LogP contribution is -2.00. The van der Waals surface area contributed by atoms with Crippen LogP contribution in [0.2, 0.25) is 0 Å². The third kappa shape index (κ3) is 4.81. The molecule has 0 atom stereocenters. The number of nitrogens with zero attached hydrogens (tertiary/aromatic N) is 4. The van der Waals surface area contributed by atoms with Crippen molar-refractivity contribution in [2.75, 3.05) is 0 Å². The van der Waals surface area contributed by atoms with Crippen molar-refractivity contribution in [1.29, 1.82) is 0 Å². The number of hydrogen-bond donors (Lipinski definition) is 0. The van der Waals surface area contributed by atoms with Gasteiger partial charge in [0.25, 0.3) is 5.89 Å². The Balaban J connectivity index is 1.22. The smallest absolute Gasteiger partial charge is 0.331 e. The fourth-order valence-corrected chi connectivity index (χ4v) is 3.86. The number of benzene rings is 3. The Morgan fingerprint density at radius 2 is 1.65 bits per heavy atom. The maximum atomic E-state index is 12.5. The minimum Gasteiger partial charge on any atom is -0.454 e. The van der Waals surface area contributed by atoms with Crippen molar-refractivity contribution >= 4 is 23.0 Å². The van der Waals surface area contributed by atoms with Crippen LogP contribution in [0.3, 0.4) is 0 Å². The third-order valence-corrected chi connectivity index (χ3v) is 5.65. The van der Waals surface area contributed by atoms with Gasteiger partial charge >= 0.3 is 5.97 Å². The zero-order chi connectivity index (χ0) is 25.0. The average Bonchev–Trinajstić information content (AvgIpc) is 3.70. The minimum absolute atomic E-state index is 0.136. The van der Waals surface area contributed by atoms with Gasteiger partial charge in [-0.3, -0.25) is 0 Å². The molecule has 8 heteroatoms. The zero-order valence-corrected chi connectivity index (χ0v) is 19.5. The van der Waals surface area contributed by atoms with Crippen LogP contribution in [0.4, 0.5) is 0 Å². The molecular formula is C29H20N4O4. The quantitative estimate of drug-likeness (QED) is 0.198. The van der Waals surface area contributed by atoms with Crippen molar-refractivity contribution in [3.05, 3.63) is 115 Å². The fourth-order valence-electron chi connectivity index (χ4n) is 3.86. The molecule has 0 fully saturated rings. The predicted molar refractivity (Wildman–Crippen MR) is 137 cm³/mol. The SMILES string of the molecule is O=C(/C=C/c1cn(-c2ccccc2)nc1-c1cc2ccccc2o1)OCc1nnc(-c2ccccc2)o1. The highest BCUT2D eigenvalue weighted by atomic mass is 16.5. The molecule has 37 heavy (non-hydrogen) atoms. The highest BCUT2D eigenvalue weighted by molar-refractivity contribution is 5.89. The molecule has 0 saturated carbocycles. The Kier molecular flexibility index (Phi) is 5.88. The molecule has 180 valence electrons. The molecule has 0 N–H and O–H groups in total. The van der Waals surface area contributed by atoms with E-state index >= 15 is 0 Å². The molecule has 0 unspecified atom stereocenters. The summed E-state index contributed by atoms with van der Waals surface area (Å²) in [4.78, 5) is 12.5. The van der Waals surface area contributed by atoms with Gasteiger partial charge in [0.1, 0.15) is 11.3 Å². The Bertz CT molecular complexity index is 1660. The van der Waals surface area contributed by atoms with Gasteiger partial charge in [0.05, 0.1) is 5.69 Å². The van der Waals surface area contributed by atoms with E-state index in [1.807, 2.05) is 97.2 Å². The molecular weight excluding hydrogens is 468 g/mol. The topological polar surface area (TPSA) is 96.2 Å². The van der Waals surface area contributed by atoms with E-state index < -0.39 is 5.97 Å². The number of carbonyl (C=O) groups is 1. The van der Waals surface area contributed by atoms with E-state index in [0.29, 0.717) is 22.9 Å². The van der Waals surface area contributed by atoms with Crippen molar-refractivity contribution in [2.24, 2.45) is 0 Å². The van der Waals surface area contributed by atoms with E-state index in [9.17, 15) is 4.79 Å². The number of rotatable bonds is 7. The van der Waals surface area contributed by atoms with E-state index in [0.717, 1.165) is 22.2 Å². The van der Waals surface area contributed by atoms with Crippen molar-refractivity contribution in [1.82, 2.24) is 20.0 Å². The van der Waals surface area contributed by atoms with Crippen LogP contribution in [0.5, 0.6) is 0 Å². The van der Waals surface area contributed by atoms with Gasteiger partial charge < -0.3 is 13.6 Å². The number of furan rings is 1. The number of hydrogen-bond acceptors (Lipinski definition) is 7. The van der Waals surface area contributed by atoms with Crippen LogP contribution in [0.1, 0.15) is 11.5 Å². The Morgan fingerprint density at radius 3 is 2.46 bits per heavy atom. The van der Waals surface area contributed by atoms with E-state index in [1.165, 1.54) is 6.08 Å². The molecule has 0 aliphatic heterocycles. The standard InChI is InChI=1S/C29H20N4O4/c34-27(35-19-26-30-31-29(37-26)20-9-3-1-4-10-20)16-15-22-18-33(23-12-5-2-6-13-23)32-28(22)25-17-21-11-7-8-14-24(21)36-25/h1-18H,19H2/b16-15+. The highest BCUT2D eigenvalue weighted by Crippen LogP contribution is 2.30. The molecule has 3 aromatic heterocycles. The zero-order valence-electron chi connectivity index (χ0n) is 19.5. The first-order chi connectivity index (χ1) is 18.2. The molecule has 0 saturated heterocycles. The second-order valence-electron chi connectivity index (χ2n) is 8.17. The van der Waals surface area contributed by atoms with Gasteiger partial charge in [-0.05, 0) is 42.5 Å². The number of esters is 1. The summed E-state index contributed by atoms with van der Waals surface area (Å²) < 4.78 is 18.7. The molecule has 0 aliphatic rings. The number of carbonyl (C=O) groups excluding carboxylic acids is 1. The third-order valence-electron chi connectivity index (χ3n) is 5.65. The monoisotopic (exact) mass is 488 g/mol. The van der Waals surface area contributed by atoms with Crippen LogP contribution in [-0.4, -0.2) is 25.9 Å². The number of ether oxygens (including phenoxy) is 1. The van der Waals surface area contributed by atoms with Gasteiger partial charge in [0, 0.05) is 28.8 Å². The van der Waals surface area contributed by atoms with Crippen molar-refractivity contribution in [3.8, 4) is 28.6 Å². The lowest BCUT2D eigenvalue weighted by Gasteiger charge is -1.98. The van der Waals surface area contributed by atoms with E-state index in [4.69, 9.17) is 18.7 Å². The van der Waals surface area contributed by atoms with Gasteiger partial charge in [-0.1, -0.05) is 54.6 Å². The summed E-state index contributed by atoms with van der Waals surface area (Å²) >= 11 is 0. The largest absolute Gasteiger partial charge is 0.454 e. The lowest BCUT2D eigenvalue weighted by molar-refractivity contribution is -0.139. The average molecular weight is 489 g/mol. The van der Waals surface area contributed by atoms with Crippen LogP contribution in [0.25, 0.3) is 45.6 Å². The predicted octanol–water partition coefficient (Wildman–Crippen LogP) is 6.09.